The van der Waals surface area contributed by atoms with Crippen LogP contribution in [0.15, 0.2) is 97.2 Å². The molecule has 0 aliphatic heterocycles. The van der Waals surface area contributed by atoms with Gasteiger partial charge in [-0.1, -0.05) is 227 Å². The van der Waals surface area contributed by atoms with Crippen LogP contribution in [0.1, 0.15) is 219 Å². The van der Waals surface area contributed by atoms with Crippen molar-refractivity contribution in [1.82, 2.24) is 5.32 Å². The topological polar surface area (TPSA) is 108 Å². The molecular formula is C59H105N2O6P. The quantitative estimate of drug-likeness (QED) is 0.0272. The minimum Gasteiger partial charge on any atom is -0.756 e. The summed E-state index contributed by atoms with van der Waals surface area (Å²) in [7, 11) is 1.23. The van der Waals surface area contributed by atoms with Gasteiger partial charge in [-0.2, -0.15) is 0 Å². The van der Waals surface area contributed by atoms with Gasteiger partial charge in [0.1, 0.15) is 13.2 Å². The van der Waals surface area contributed by atoms with Crippen LogP contribution in [-0.4, -0.2) is 68.5 Å². The third-order valence-corrected chi connectivity index (χ3v) is 12.7. The smallest absolute Gasteiger partial charge is 0.268 e. The molecule has 0 radical (unpaired) electrons. The second-order valence-corrected chi connectivity index (χ2v) is 21.0. The number of carbonyl (C=O) groups excluding carboxylic acids is 1. The Balaban J connectivity index is 4.20. The maximum atomic E-state index is 12.9. The number of phosphoric acid groups is 1. The van der Waals surface area contributed by atoms with Gasteiger partial charge in [0.25, 0.3) is 7.82 Å². The molecule has 0 spiro atoms. The third-order valence-electron chi connectivity index (χ3n) is 11.8. The summed E-state index contributed by atoms with van der Waals surface area (Å²) in [5.74, 6) is -0.213. The highest BCUT2D eigenvalue weighted by molar-refractivity contribution is 7.45. The lowest BCUT2D eigenvalue weighted by atomic mass is 10.0. The predicted octanol–water partition coefficient (Wildman–Crippen LogP) is 16.0. The maximum Gasteiger partial charge on any atom is 0.268 e. The molecule has 9 heteroatoms. The van der Waals surface area contributed by atoms with Gasteiger partial charge in [0.15, 0.2) is 0 Å². The molecule has 8 nitrogen and oxygen atoms in total. The van der Waals surface area contributed by atoms with Gasteiger partial charge in [0.05, 0.1) is 39.9 Å². The van der Waals surface area contributed by atoms with Crippen LogP contribution < -0.4 is 10.2 Å². The number of unbranched alkanes of at least 4 members (excludes halogenated alkanes) is 22. The number of quaternary nitrogens is 1. The first-order chi connectivity index (χ1) is 33.0. The van der Waals surface area contributed by atoms with Crippen molar-refractivity contribution in [2.45, 2.75) is 231 Å². The minimum absolute atomic E-state index is 0.0107. The number of carbonyl (C=O) groups is 1. The first-order valence-corrected chi connectivity index (χ1v) is 29.1. The van der Waals surface area contributed by atoms with Crippen LogP contribution in [0.5, 0.6) is 0 Å². The SMILES string of the molecule is CC/C=C\C/C=C\C/C=C\C/C=C\C/C=C\C/C=C\CCCCCCCCCCCCCCC(=O)NC(COP(=O)([O-])OCC[N+](C)(C)C)C(O)/C=C/CC/C=C/CCCCCCCCCCC. The molecule has 3 unspecified atom stereocenters. The van der Waals surface area contributed by atoms with E-state index in [0.717, 1.165) is 77.0 Å². The van der Waals surface area contributed by atoms with Gasteiger partial charge >= 0.3 is 0 Å². The monoisotopic (exact) mass is 969 g/mol. The second-order valence-electron chi connectivity index (χ2n) is 19.5. The Morgan fingerprint density at radius 1 is 0.529 bits per heavy atom. The molecule has 3 atom stereocenters. The van der Waals surface area contributed by atoms with Crippen LogP contribution in [-0.2, 0) is 18.4 Å². The molecule has 0 aliphatic carbocycles. The normalized spacial score (nSPS) is 14.8. The summed E-state index contributed by atoms with van der Waals surface area (Å²) in [5.41, 5.74) is 0. The van der Waals surface area contributed by atoms with Crippen LogP contribution >= 0.6 is 7.82 Å². The molecule has 392 valence electrons. The minimum atomic E-state index is -4.61. The van der Waals surface area contributed by atoms with Crippen molar-refractivity contribution in [3.05, 3.63) is 97.2 Å². The Hall–Kier alpha value is -2.58. The molecule has 0 heterocycles. The van der Waals surface area contributed by atoms with Gasteiger partial charge in [-0.05, 0) is 83.5 Å². The van der Waals surface area contributed by atoms with Crippen molar-refractivity contribution in [3.63, 3.8) is 0 Å². The zero-order valence-electron chi connectivity index (χ0n) is 44.5. The molecule has 0 saturated heterocycles. The molecule has 0 aromatic rings. The summed E-state index contributed by atoms with van der Waals surface area (Å²) in [4.78, 5) is 25.4. The highest BCUT2D eigenvalue weighted by Gasteiger charge is 2.23. The van der Waals surface area contributed by atoms with Crippen LogP contribution in [0.4, 0.5) is 0 Å². The number of nitrogens with one attached hydrogen (secondary N) is 1. The van der Waals surface area contributed by atoms with E-state index in [4.69, 9.17) is 9.05 Å². The van der Waals surface area contributed by atoms with E-state index >= 15 is 0 Å². The number of aliphatic hydroxyl groups excluding tert-OH is 1. The van der Waals surface area contributed by atoms with E-state index in [1.807, 2.05) is 27.2 Å². The van der Waals surface area contributed by atoms with Crippen molar-refractivity contribution in [2.75, 3.05) is 40.9 Å². The first kappa shape index (κ1) is 65.4. The molecule has 0 aliphatic rings. The van der Waals surface area contributed by atoms with Gasteiger partial charge in [0.2, 0.25) is 5.91 Å². The van der Waals surface area contributed by atoms with E-state index < -0.39 is 26.6 Å². The van der Waals surface area contributed by atoms with Gasteiger partial charge in [0, 0.05) is 6.42 Å². The summed E-state index contributed by atoms with van der Waals surface area (Å²) in [5, 5.41) is 13.8. The molecule has 0 fully saturated rings. The van der Waals surface area contributed by atoms with Crippen LogP contribution in [0, 0.1) is 0 Å². The summed E-state index contributed by atoms with van der Waals surface area (Å²) in [6.45, 7) is 4.50. The van der Waals surface area contributed by atoms with Gasteiger partial charge in [-0.3, -0.25) is 9.36 Å². The van der Waals surface area contributed by atoms with E-state index in [-0.39, 0.29) is 12.5 Å². The Morgan fingerprint density at radius 3 is 1.37 bits per heavy atom. The van der Waals surface area contributed by atoms with Crippen LogP contribution in [0.25, 0.3) is 0 Å². The average molecular weight is 969 g/mol. The fourth-order valence-electron chi connectivity index (χ4n) is 7.47. The van der Waals surface area contributed by atoms with Crippen molar-refractivity contribution in [2.24, 2.45) is 0 Å². The first-order valence-electron chi connectivity index (χ1n) is 27.6. The van der Waals surface area contributed by atoms with Crippen molar-refractivity contribution >= 4 is 13.7 Å². The number of amides is 1. The van der Waals surface area contributed by atoms with E-state index in [1.165, 1.54) is 122 Å². The highest BCUT2D eigenvalue weighted by Crippen LogP contribution is 2.38. The van der Waals surface area contributed by atoms with E-state index in [1.54, 1.807) is 6.08 Å². The molecule has 0 rings (SSSR count). The third kappa shape index (κ3) is 51.3. The predicted molar refractivity (Wildman–Crippen MR) is 293 cm³/mol. The molecule has 68 heavy (non-hydrogen) atoms. The molecule has 0 aromatic heterocycles. The number of hydrogen-bond acceptors (Lipinski definition) is 6. The lowest BCUT2D eigenvalue weighted by molar-refractivity contribution is -0.870. The number of aliphatic hydroxyl groups is 1. The summed E-state index contributed by atoms with van der Waals surface area (Å²) < 4.78 is 23.3. The zero-order chi connectivity index (χ0) is 49.9. The fourth-order valence-corrected chi connectivity index (χ4v) is 8.19. The lowest BCUT2D eigenvalue weighted by Gasteiger charge is -2.29. The Morgan fingerprint density at radius 2 is 0.912 bits per heavy atom. The van der Waals surface area contributed by atoms with E-state index in [2.05, 4.69) is 104 Å². The van der Waals surface area contributed by atoms with Crippen molar-refractivity contribution < 1.29 is 32.9 Å². The lowest BCUT2D eigenvalue weighted by Crippen LogP contribution is -2.45. The number of hydrogen-bond donors (Lipinski definition) is 2. The molecule has 1 amide bonds. The molecule has 0 saturated carbocycles. The summed E-state index contributed by atoms with van der Waals surface area (Å²) in [6, 6.07) is -0.909. The average Bonchev–Trinajstić information content (AvgIpc) is 3.30. The Kier molecular flexibility index (Phi) is 47.5. The van der Waals surface area contributed by atoms with Crippen molar-refractivity contribution in [3.8, 4) is 0 Å². The zero-order valence-corrected chi connectivity index (χ0v) is 45.4. The van der Waals surface area contributed by atoms with Crippen LogP contribution in [0.2, 0.25) is 0 Å². The molecule has 2 N–H and O–H groups in total. The number of rotatable bonds is 49. The largest absolute Gasteiger partial charge is 0.756 e. The van der Waals surface area contributed by atoms with E-state index in [9.17, 15) is 19.4 Å². The Labute approximate surface area is 419 Å². The molecular weight excluding hydrogens is 864 g/mol. The fraction of sp³-hybridized carbons (Fsp3) is 0.712. The maximum absolute atomic E-state index is 12.9. The van der Waals surface area contributed by atoms with E-state index in [0.29, 0.717) is 17.4 Å². The standard InChI is InChI=1S/C59H105N2O6P/c1-6-8-10-12-14-16-18-20-22-23-24-25-26-27-28-29-30-31-32-33-34-35-36-37-39-41-43-45-47-49-51-53-59(63)60-57(56-67-68(64,65)66-55-54-61(3,4)5)58(62)52-50-48-46-44-42-40-38-21-19-17-15-13-11-9-7-2/h8,10,14,16,20,22,24-25,27-28,30-31,42,44,50,52,57-58,62H,6-7,9,11-13,15,17-19,21,23,26,29,32-41,43,45-49,51,53-56H2,1-5H3,(H-,60,63,64,65)/b10-8-,16-14-,22-20-,25-24-,28-27-,31-30-,44-42+,52-50+. The summed E-state index contributed by atoms with van der Waals surface area (Å²) >= 11 is 0. The van der Waals surface area contributed by atoms with Crippen LogP contribution in [0.3, 0.4) is 0 Å². The number of phosphoric ester groups is 1. The second kappa shape index (κ2) is 49.4. The van der Waals surface area contributed by atoms with Gasteiger partial charge < -0.3 is 28.8 Å². The van der Waals surface area contributed by atoms with Crippen molar-refractivity contribution in [1.29, 1.82) is 0 Å². The highest BCUT2D eigenvalue weighted by atomic mass is 31.2. The molecule has 0 aromatic carbocycles. The molecule has 0 bridgehead atoms. The number of allylic oxidation sites excluding steroid dienone is 15. The number of likely N-dealkylation sites (N-methyl/N-ethyl adjacent to an activating group) is 1. The summed E-state index contributed by atoms with van der Waals surface area (Å²) in [6.07, 6.45) is 70.5. The number of nitrogens with zero attached hydrogens (tertiary/aromatic N) is 1. The van der Waals surface area contributed by atoms with Gasteiger partial charge in [-0.15, -0.1) is 0 Å². The van der Waals surface area contributed by atoms with Gasteiger partial charge in [-0.25, -0.2) is 0 Å². The Bertz CT molecular complexity index is 1420.